The summed E-state index contributed by atoms with van der Waals surface area (Å²) in [5.41, 5.74) is 0. The molecule has 3 heteroatoms. The summed E-state index contributed by atoms with van der Waals surface area (Å²) < 4.78 is 11.5. The van der Waals surface area contributed by atoms with E-state index in [0.717, 1.165) is 32.0 Å². The first kappa shape index (κ1) is 11.9. The molecule has 0 aromatic heterocycles. The van der Waals surface area contributed by atoms with Crippen LogP contribution in [0.2, 0.25) is 0 Å². The van der Waals surface area contributed by atoms with Gasteiger partial charge in [-0.1, -0.05) is 6.42 Å². The molecule has 1 spiro atoms. The van der Waals surface area contributed by atoms with Gasteiger partial charge in [-0.2, -0.15) is 0 Å². The number of ether oxygens (including phenoxy) is 2. The van der Waals surface area contributed by atoms with Gasteiger partial charge in [-0.25, -0.2) is 0 Å². The Morgan fingerprint density at radius 3 is 2.24 bits per heavy atom. The van der Waals surface area contributed by atoms with Crippen LogP contribution in [0.1, 0.15) is 51.9 Å². The molecule has 0 amide bonds. The topological polar surface area (TPSA) is 30.5 Å². The third-order valence-corrected chi connectivity index (χ3v) is 4.92. The normalized spacial score (nSPS) is 31.6. The molecule has 3 rings (SSSR count). The first-order chi connectivity index (χ1) is 8.27. The van der Waals surface area contributed by atoms with E-state index in [1.165, 1.54) is 32.1 Å². The molecule has 1 unspecified atom stereocenters. The molecule has 1 heterocycles. The summed E-state index contributed by atoms with van der Waals surface area (Å²) in [4.78, 5) is 0. The van der Waals surface area contributed by atoms with Gasteiger partial charge in [-0.15, -0.1) is 0 Å². The van der Waals surface area contributed by atoms with Gasteiger partial charge in [0.05, 0.1) is 13.2 Å². The minimum atomic E-state index is -0.197. The van der Waals surface area contributed by atoms with Crippen LogP contribution in [0.3, 0.4) is 0 Å². The highest BCUT2D eigenvalue weighted by atomic mass is 16.7. The predicted molar refractivity (Wildman–Crippen MR) is 66.8 cm³/mol. The average Bonchev–Trinajstić information content (AvgIpc) is 2.68. The number of nitrogens with one attached hydrogen (secondary N) is 1. The fraction of sp³-hybridized carbons (Fsp3) is 1.00. The largest absolute Gasteiger partial charge is 0.348 e. The van der Waals surface area contributed by atoms with Gasteiger partial charge in [0.1, 0.15) is 0 Å². The smallest absolute Gasteiger partial charge is 0.168 e. The first-order valence-corrected chi connectivity index (χ1v) is 7.31. The van der Waals surface area contributed by atoms with Crippen LogP contribution < -0.4 is 5.32 Å². The molecule has 1 aliphatic heterocycles. The average molecular weight is 239 g/mol. The molecule has 0 aromatic carbocycles. The molecule has 2 aliphatic carbocycles. The van der Waals surface area contributed by atoms with E-state index in [2.05, 4.69) is 12.2 Å². The second kappa shape index (κ2) is 4.87. The Balaban J connectivity index is 1.44. The van der Waals surface area contributed by atoms with Crippen LogP contribution in [0.5, 0.6) is 0 Å². The zero-order valence-corrected chi connectivity index (χ0v) is 10.9. The first-order valence-electron chi connectivity index (χ1n) is 7.31. The van der Waals surface area contributed by atoms with Crippen molar-refractivity contribution in [1.82, 2.24) is 5.32 Å². The van der Waals surface area contributed by atoms with Gasteiger partial charge in [0.15, 0.2) is 5.79 Å². The summed E-state index contributed by atoms with van der Waals surface area (Å²) in [6.07, 6.45) is 8.85. The second-order valence-corrected chi connectivity index (χ2v) is 6.03. The molecule has 1 N–H and O–H groups in total. The van der Waals surface area contributed by atoms with E-state index in [4.69, 9.17) is 9.47 Å². The molecule has 1 atom stereocenters. The Bertz CT molecular complexity index is 249. The van der Waals surface area contributed by atoms with Crippen LogP contribution in [0.25, 0.3) is 0 Å². The van der Waals surface area contributed by atoms with Crippen molar-refractivity contribution in [3.05, 3.63) is 0 Å². The Morgan fingerprint density at radius 2 is 1.71 bits per heavy atom. The molecule has 3 nitrogen and oxygen atoms in total. The minimum Gasteiger partial charge on any atom is -0.348 e. The van der Waals surface area contributed by atoms with Crippen molar-refractivity contribution in [1.29, 1.82) is 0 Å². The van der Waals surface area contributed by atoms with Crippen LogP contribution in [0.4, 0.5) is 0 Å². The van der Waals surface area contributed by atoms with Crippen molar-refractivity contribution in [3.8, 4) is 0 Å². The van der Waals surface area contributed by atoms with E-state index in [1.54, 1.807) is 0 Å². The van der Waals surface area contributed by atoms with E-state index in [9.17, 15) is 0 Å². The summed E-state index contributed by atoms with van der Waals surface area (Å²) in [6.45, 7) is 3.93. The Hall–Kier alpha value is -0.120. The maximum absolute atomic E-state index is 5.76. The van der Waals surface area contributed by atoms with E-state index < -0.39 is 0 Å². The van der Waals surface area contributed by atoms with Crippen LogP contribution in [0, 0.1) is 5.92 Å². The standard InChI is InChI=1S/C14H25NO2/c1-11(12-3-2-4-12)15-13-5-7-14(8-6-13)16-9-10-17-14/h11-13,15H,2-10H2,1H3. The highest BCUT2D eigenvalue weighted by molar-refractivity contribution is 4.88. The summed E-state index contributed by atoms with van der Waals surface area (Å²) in [5, 5.41) is 3.82. The van der Waals surface area contributed by atoms with Crippen molar-refractivity contribution in [2.75, 3.05) is 13.2 Å². The predicted octanol–water partition coefficient (Wildman–Crippen LogP) is 2.45. The maximum atomic E-state index is 5.76. The van der Waals surface area contributed by atoms with E-state index >= 15 is 0 Å². The quantitative estimate of drug-likeness (QED) is 0.820. The molecule has 2 saturated carbocycles. The Kier molecular flexibility index (Phi) is 3.42. The molecule has 3 aliphatic rings. The zero-order valence-electron chi connectivity index (χ0n) is 10.9. The van der Waals surface area contributed by atoms with Gasteiger partial charge < -0.3 is 14.8 Å². The SMILES string of the molecule is CC(NC1CCC2(CC1)OCCO2)C1CCC1. The molecule has 1 saturated heterocycles. The van der Waals surface area contributed by atoms with Crippen molar-refractivity contribution >= 4 is 0 Å². The third kappa shape index (κ3) is 2.51. The van der Waals surface area contributed by atoms with Gasteiger partial charge in [0.25, 0.3) is 0 Å². The molecule has 0 radical (unpaired) electrons. The molecule has 0 aromatic rings. The highest BCUT2D eigenvalue weighted by Gasteiger charge is 2.40. The van der Waals surface area contributed by atoms with Gasteiger partial charge >= 0.3 is 0 Å². The van der Waals surface area contributed by atoms with Crippen molar-refractivity contribution in [3.63, 3.8) is 0 Å². The minimum absolute atomic E-state index is 0.197. The summed E-state index contributed by atoms with van der Waals surface area (Å²) in [7, 11) is 0. The summed E-state index contributed by atoms with van der Waals surface area (Å²) in [5.74, 6) is 0.739. The van der Waals surface area contributed by atoms with Gasteiger partial charge in [0.2, 0.25) is 0 Å². The fourth-order valence-electron chi connectivity index (χ4n) is 3.46. The molecular weight excluding hydrogens is 214 g/mol. The Morgan fingerprint density at radius 1 is 1.06 bits per heavy atom. The lowest BCUT2D eigenvalue weighted by Crippen LogP contribution is -2.47. The van der Waals surface area contributed by atoms with Crippen LogP contribution in [-0.2, 0) is 9.47 Å². The van der Waals surface area contributed by atoms with Crippen LogP contribution in [0.15, 0.2) is 0 Å². The van der Waals surface area contributed by atoms with Crippen LogP contribution in [-0.4, -0.2) is 31.1 Å². The van der Waals surface area contributed by atoms with Gasteiger partial charge in [0, 0.05) is 24.9 Å². The summed E-state index contributed by atoms with van der Waals surface area (Å²) in [6, 6.07) is 1.39. The molecule has 17 heavy (non-hydrogen) atoms. The van der Waals surface area contributed by atoms with E-state index in [1.807, 2.05) is 0 Å². The number of rotatable bonds is 3. The van der Waals surface area contributed by atoms with E-state index in [0.29, 0.717) is 12.1 Å². The third-order valence-electron chi connectivity index (χ3n) is 4.92. The lowest BCUT2D eigenvalue weighted by atomic mass is 9.79. The van der Waals surface area contributed by atoms with E-state index in [-0.39, 0.29) is 5.79 Å². The molecule has 3 fully saturated rings. The fourth-order valence-corrected chi connectivity index (χ4v) is 3.46. The highest BCUT2D eigenvalue weighted by Crippen LogP contribution is 2.36. The lowest BCUT2D eigenvalue weighted by molar-refractivity contribution is -0.179. The van der Waals surface area contributed by atoms with Gasteiger partial charge in [-0.05, 0) is 38.5 Å². The van der Waals surface area contributed by atoms with Crippen molar-refractivity contribution in [2.45, 2.75) is 69.7 Å². The number of hydrogen-bond acceptors (Lipinski definition) is 3. The second-order valence-electron chi connectivity index (χ2n) is 6.03. The van der Waals surface area contributed by atoms with Crippen LogP contribution >= 0.6 is 0 Å². The van der Waals surface area contributed by atoms with Crippen molar-refractivity contribution in [2.24, 2.45) is 5.92 Å². The number of hydrogen-bond donors (Lipinski definition) is 1. The monoisotopic (exact) mass is 239 g/mol. The molecular formula is C14H25NO2. The maximum Gasteiger partial charge on any atom is 0.168 e. The van der Waals surface area contributed by atoms with Gasteiger partial charge in [-0.3, -0.25) is 0 Å². The Labute approximate surface area is 104 Å². The summed E-state index contributed by atoms with van der Waals surface area (Å²) >= 11 is 0. The molecule has 0 bridgehead atoms. The van der Waals surface area contributed by atoms with Crippen molar-refractivity contribution < 1.29 is 9.47 Å². The molecule has 98 valence electrons. The lowest BCUT2D eigenvalue weighted by Gasteiger charge is -2.39. The zero-order chi connectivity index (χ0) is 11.7.